The average Bonchev–Trinajstić information content (AvgIpc) is 3.41. The van der Waals surface area contributed by atoms with E-state index in [1.807, 2.05) is 0 Å². The summed E-state index contributed by atoms with van der Waals surface area (Å²) in [5.74, 6) is -0.916. The van der Waals surface area contributed by atoms with Crippen molar-refractivity contribution in [3.63, 3.8) is 0 Å². The Bertz CT molecular complexity index is 1390. The number of esters is 3. The molecule has 0 saturated heterocycles. The third kappa shape index (κ3) is 61.6. The molecule has 0 saturated carbocycles. The molecule has 0 heterocycles. The molecule has 6 heteroatoms. The summed E-state index contributed by atoms with van der Waals surface area (Å²) in [5.41, 5.74) is 0. The van der Waals surface area contributed by atoms with Gasteiger partial charge in [-0.25, -0.2) is 0 Å². The minimum atomic E-state index is -0.792. The van der Waals surface area contributed by atoms with E-state index in [0.717, 1.165) is 96.3 Å². The molecule has 1 unspecified atom stereocenters. The maximum Gasteiger partial charge on any atom is 0.306 e. The quantitative estimate of drug-likeness (QED) is 0.0261. The fourth-order valence-electron chi connectivity index (χ4n) is 9.29. The van der Waals surface area contributed by atoms with Crippen molar-refractivity contribution < 1.29 is 28.6 Å². The van der Waals surface area contributed by atoms with Gasteiger partial charge in [0.2, 0.25) is 0 Å². The Hall–Kier alpha value is -3.15. The molecule has 0 aliphatic rings. The van der Waals surface area contributed by atoms with Crippen LogP contribution in [0.1, 0.15) is 329 Å². The van der Waals surface area contributed by atoms with E-state index in [9.17, 15) is 14.4 Å². The van der Waals surface area contributed by atoms with Gasteiger partial charge in [0, 0.05) is 19.3 Å². The van der Waals surface area contributed by atoms with E-state index in [1.165, 1.54) is 193 Å². The van der Waals surface area contributed by atoms with Crippen molar-refractivity contribution in [3.8, 4) is 0 Å². The molecule has 1 atom stereocenters. The smallest absolute Gasteiger partial charge is 0.306 e. The third-order valence-corrected chi connectivity index (χ3v) is 14.2. The summed E-state index contributed by atoms with van der Waals surface area (Å²) in [5, 5.41) is 0. The molecular weight excluding hydrogens is 925 g/mol. The molecule has 434 valence electrons. The Morgan fingerprint density at radius 3 is 0.880 bits per heavy atom. The summed E-state index contributed by atoms with van der Waals surface area (Å²) >= 11 is 0. The lowest BCUT2D eigenvalue weighted by Crippen LogP contribution is -2.30. The molecule has 0 spiro atoms. The van der Waals surface area contributed by atoms with Gasteiger partial charge in [-0.3, -0.25) is 14.4 Å². The molecule has 0 aliphatic heterocycles. The number of unbranched alkanes of at least 4 members (excludes halogenated alkanes) is 36. The Morgan fingerprint density at radius 1 is 0.280 bits per heavy atom. The highest BCUT2D eigenvalue weighted by Gasteiger charge is 2.19. The van der Waals surface area contributed by atoms with E-state index in [-0.39, 0.29) is 31.1 Å². The number of carbonyl (C=O) groups is 3. The van der Waals surface area contributed by atoms with Crippen molar-refractivity contribution in [3.05, 3.63) is 72.9 Å². The molecule has 0 radical (unpaired) electrons. The zero-order chi connectivity index (χ0) is 54.3. The van der Waals surface area contributed by atoms with Gasteiger partial charge >= 0.3 is 17.9 Å². The van der Waals surface area contributed by atoms with Crippen molar-refractivity contribution in [1.29, 1.82) is 0 Å². The number of ether oxygens (including phenoxy) is 3. The molecular formula is C69H122O6. The van der Waals surface area contributed by atoms with Gasteiger partial charge in [0.15, 0.2) is 6.10 Å². The maximum atomic E-state index is 12.8. The van der Waals surface area contributed by atoms with Gasteiger partial charge in [-0.1, -0.05) is 280 Å². The largest absolute Gasteiger partial charge is 0.462 e. The van der Waals surface area contributed by atoms with Crippen LogP contribution in [0.15, 0.2) is 72.9 Å². The van der Waals surface area contributed by atoms with Crippen LogP contribution in [0, 0.1) is 0 Å². The Morgan fingerprint density at radius 2 is 0.533 bits per heavy atom. The zero-order valence-electron chi connectivity index (χ0n) is 49.8. The molecule has 0 aromatic carbocycles. The monoisotopic (exact) mass is 1050 g/mol. The normalized spacial score (nSPS) is 12.5. The summed E-state index contributed by atoms with van der Waals surface area (Å²) in [4.78, 5) is 38.1. The zero-order valence-corrected chi connectivity index (χ0v) is 49.8. The summed E-state index contributed by atoms with van der Waals surface area (Å²) in [6.07, 6.45) is 82.3. The molecule has 0 rings (SSSR count). The highest BCUT2D eigenvalue weighted by molar-refractivity contribution is 5.71. The van der Waals surface area contributed by atoms with Crippen molar-refractivity contribution in [2.24, 2.45) is 0 Å². The van der Waals surface area contributed by atoms with Crippen LogP contribution in [0.4, 0.5) is 0 Å². The van der Waals surface area contributed by atoms with E-state index < -0.39 is 6.10 Å². The predicted octanol–water partition coefficient (Wildman–Crippen LogP) is 22.1. The van der Waals surface area contributed by atoms with Crippen LogP contribution in [-0.2, 0) is 28.6 Å². The number of hydrogen-bond donors (Lipinski definition) is 0. The minimum absolute atomic E-state index is 0.0872. The predicted molar refractivity (Wildman–Crippen MR) is 325 cm³/mol. The SMILES string of the molecule is CC/C=C\C/C=C\C/C=C\CCCCCC(=O)OC(COC(=O)CCCCCCC/C=C\CCCC)COC(=O)CCCCCCCCCCCCCCCCCCCCCCC/C=C\C/C=C\CCCCCCC. The van der Waals surface area contributed by atoms with E-state index in [2.05, 4.69) is 93.7 Å². The van der Waals surface area contributed by atoms with Gasteiger partial charge in [0.05, 0.1) is 0 Å². The minimum Gasteiger partial charge on any atom is -0.462 e. The first-order valence-electron chi connectivity index (χ1n) is 32.4. The van der Waals surface area contributed by atoms with Crippen LogP contribution in [0.5, 0.6) is 0 Å². The van der Waals surface area contributed by atoms with E-state index >= 15 is 0 Å². The lowest BCUT2D eigenvalue weighted by molar-refractivity contribution is -0.167. The Balaban J connectivity index is 4.06. The summed E-state index contributed by atoms with van der Waals surface area (Å²) in [6.45, 7) is 6.47. The first-order chi connectivity index (χ1) is 37.0. The highest BCUT2D eigenvalue weighted by Crippen LogP contribution is 2.17. The Labute approximate surface area is 465 Å². The topological polar surface area (TPSA) is 78.9 Å². The maximum absolute atomic E-state index is 12.8. The van der Waals surface area contributed by atoms with Crippen LogP contribution in [0.25, 0.3) is 0 Å². The van der Waals surface area contributed by atoms with Crippen LogP contribution < -0.4 is 0 Å². The van der Waals surface area contributed by atoms with Gasteiger partial charge in [-0.2, -0.15) is 0 Å². The van der Waals surface area contributed by atoms with E-state index in [4.69, 9.17) is 14.2 Å². The highest BCUT2D eigenvalue weighted by atomic mass is 16.6. The number of allylic oxidation sites excluding steroid dienone is 12. The number of rotatable bonds is 59. The fraction of sp³-hybridized carbons (Fsp3) is 0.783. The summed E-state index contributed by atoms with van der Waals surface area (Å²) < 4.78 is 16.8. The molecule has 0 fully saturated rings. The number of carbonyl (C=O) groups excluding carboxylic acids is 3. The molecule has 0 amide bonds. The molecule has 0 aliphatic carbocycles. The molecule has 0 bridgehead atoms. The second-order valence-corrected chi connectivity index (χ2v) is 21.6. The third-order valence-electron chi connectivity index (χ3n) is 14.2. The Kier molecular flexibility index (Phi) is 60.7. The lowest BCUT2D eigenvalue weighted by atomic mass is 10.0. The second-order valence-electron chi connectivity index (χ2n) is 21.6. The van der Waals surface area contributed by atoms with Gasteiger partial charge in [0.25, 0.3) is 0 Å². The van der Waals surface area contributed by atoms with Gasteiger partial charge in [-0.05, 0) is 103 Å². The van der Waals surface area contributed by atoms with Crippen LogP contribution >= 0.6 is 0 Å². The van der Waals surface area contributed by atoms with Crippen LogP contribution in [0.2, 0.25) is 0 Å². The average molecular weight is 1050 g/mol. The second kappa shape index (κ2) is 63.4. The molecule has 0 N–H and O–H groups in total. The summed E-state index contributed by atoms with van der Waals surface area (Å²) in [6, 6.07) is 0. The first kappa shape index (κ1) is 71.8. The standard InChI is InChI=1S/C69H122O6/c1-4-7-10-13-16-19-22-24-25-26-27-28-29-30-31-32-33-34-35-36-37-38-39-40-41-42-43-45-47-50-53-56-59-62-68(71)74-65-66(64-73-67(70)61-58-55-52-49-46-21-18-15-12-9-6-3)75-69(72)63-60-57-54-51-48-44-23-20-17-14-11-8-5-2/h8,11,15,17-18,20,22,24,26-27,44,48,66H,4-7,9-10,12-14,16,19,21,23,25,28-43,45-47,49-65H2,1-3H3/b11-8-,18-15-,20-17-,24-22-,27-26-,48-44-. The molecule has 75 heavy (non-hydrogen) atoms. The molecule has 0 aromatic rings. The van der Waals surface area contributed by atoms with E-state index in [1.54, 1.807) is 0 Å². The van der Waals surface area contributed by atoms with Crippen molar-refractivity contribution >= 4 is 17.9 Å². The van der Waals surface area contributed by atoms with Crippen LogP contribution in [0.3, 0.4) is 0 Å². The van der Waals surface area contributed by atoms with Crippen molar-refractivity contribution in [1.82, 2.24) is 0 Å². The molecule has 6 nitrogen and oxygen atoms in total. The molecule has 0 aromatic heterocycles. The van der Waals surface area contributed by atoms with Crippen molar-refractivity contribution in [2.45, 2.75) is 335 Å². The van der Waals surface area contributed by atoms with Gasteiger partial charge < -0.3 is 14.2 Å². The van der Waals surface area contributed by atoms with Gasteiger partial charge in [0.1, 0.15) is 13.2 Å². The fourth-order valence-corrected chi connectivity index (χ4v) is 9.29. The lowest BCUT2D eigenvalue weighted by Gasteiger charge is -2.18. The number of hydrogen-bond acceptors (Lipinski definition) is 6. The first-order valence-corrected chi connectivity index (χ1v) is 32.4. The van der Waals surface area contributed by atoms with E-state index in [0.29, 0.717) is 19.3 Å². The summed E-state index contributed by atoms with van der Waals surface area (Å²) in [7, 11) is 0. The van der Waals surface area contributed by atoms with Crippen LogP contribution in [-0.4, -0.2) is 37.2 Å². The van der Waals surface area contributed by atoms with Gasteiger partial charge in [-0.15, -0.1) is 0 Å². The van der Waals surface area contributed by atoms with Crippen molar-refractivity contribution in [2.75, 3.05) is 13.2 Å².